The Bertz CT molecular complexity index is 268. The van der Waals surface area contributed by atoms with Gasteiger partial charge < -0.3 is 9.64 Å². The predicted molar refractivity (Wildman–Crippen MR) is 61.1 cm³/mol. The number of aryl methyl sites for hydroxylation is 1. The van der Waals surface area contributed by atoms with Crippen molar-refractivity contribution in [1.29, 1.82) is 0 Å². The summed E-state index contributed by atoms with van der Waals surface area (Å²) in [4.78, 5) is 2.19. The minimum atomic E-state index is 0.787. The van der Waals surface area contributed by atoms with Gasteiger partial charge in [-0.3, -0.25) is 0 Å². The monoisotopic (exact) mass is 209 g/mol. The fourth-order valence-electron chi connectivity index (χ4n) is 1.35. The Labute approximate surface area is 91.3 Å². The zero-order valence-electron chi connectivity index (χ0n) is 9.73. The average Bonchev–Trinajstić information content (AvgIpc) is 2.34. The van der Waals surface area contributed by atoms with E-state index >= 15 is 0 Å². The fourth-order valence-corrected chi connectivity index (χ4v) is 1.35. The highest BCUT2D eigenvalue weighted by Crippen LogP contribution is 2.10. The second kappa shape index (κ2) is 6.35. The third-order valence-electron chi connectivity index (χ3n) is 2.12. The molecule has 1 aromatic rings. The number of rotatable bonds is 1. The van der Waals surface area contributed by atoms with E-state index < -0.39 is 0 Å². The Morgan fingerprint density at radius 3 is 2.33 bits per heavy atom. The largest absolute Gasteiger partial charge is 0.378 e. The van der Waals surface area contributed by atoms with Crippen LogP contribution in [0.2, 0.25) is 0 Å². The Balaban J connectivity index is 0.000000531. The molecule has 0 aliphatic carbocycles. The molecule has 1 fully saturated rings. The van der Waals surface area contributed by atoms with E-state index in [-0.39, 0.29) is 0 Å². The summed E-state index contributed by atoms with van der Waals surface area (Å²) in [7, 11) is 0. The first kappa shape index (κ1) is 11.9. The molecular weight excluding hydrogens is 190 g/mol. The highest BCUT2D eigenvalue weighted by Gasteiger charge is 2.11. The Kier molecular flexibility index (Phi) is 5.04. The Morgan fingerprint density at radius 1 is 1.13 bits per heavy atom. The highest BCUT2D eigenvalue weighted by atomic mass is 16.5. The van der Waals surface area contributed by atoms with Crippen molar-refractivity contribution in [2.75, 3.05) is 31.2 Å². The predicted octanol–water partition coefficient (Wildman–Crippen LogP) is 1.65. The van der Waals surface area contributed by atoms with Gasteiger partial charge >= 0.3 is 0 Å². The van der Waals surface area contributed by atoms with E-state index in [1.807, 2.05) is 32.9 Å². The van der Waals surface area contributed by atoms with Crippen LogP contribution in [0.5, 0.6) is 0 Å². The Morgan fingerprint density at radius 2 is 1.80 bits per heavy atom. The van der Waals surface area contributed by atoms with Crippen molar-refractivity contribution in [3.63, 3.8) is 0 Å². The van der Waals surface area contributed by atoms with E-state index in [4.69, 9.17) is 4.74 Å². The van der Waals surface area contributed by atoms with Crippen LogP contribution in [0.15, 0.2) is 12.1 Å². The zero-order valence-corrected chi connectivity index (χ0v) is 9.73. The fraction of sp³-hybridized carbons (Fsp3) is 0.636. The van der Waals surface area contributed by atoms with Gasteiger partial charge in [0.2, 0.25) is 0 Å². The van der Waals surface area contributed by atoms with Crippen molar-refractivity contribution in [2.45, 2.75) is 20.8 Å². The van der Waals surface area contributed by atoms with Crippen LogP contribution in [0.4, 0.5) is 5.82 Å². The molecule has 0 bridgehead atoms. The van der Waals surface area contributed by atoms with Crippen LogP contribution in [0.25, 0.3) is 0 Å². The molecule has 1 aliphatic heterocycles. The van der Waals surface area contributed by atoms with Crippen LogP contribution in [0, 0.1) is 6.92 Å². The van der Waals surface area contributed by atoms with Gasteiger partial charge in [0.05, 0.1) is 18.9 Å². The summed E-state index contributed by atoms with van der Waals surface area (Å²) >= 11 is 0. The highest BCUT2D eigenvalue weighted by molar-refractivity contribution is 5.37. The lowest BCUT2D eigenvalue weighted by Gasteiger charge is -2.27. The molecule has 0 spiro atoms. The van der Waals surface area contributed by atoms with Crippen molar-refractivity contribution >= 4 is 5.82 Å². The van der Waals surface area contributed by atoms with Crippen LogP contribution in [-0.4, -0.2) is 36.5 Å². The number of anilines is 1. The lowest BCUT2D eigenvalue weighted by molar-refractivity contribution is 0.122. The first-order chi connectivity index (χ1) is 7.36. The molecule has 2 heterocycles. The van der Waals surface area contributed by atoms with Crippen molar-refractivity contribution in [2.24, 2.45) is 0 Å². The van der Waals surface area contributed by atoms with E-state index in [0.29, 0.717) is 0 Å². The van der Waals surface area contributed by atoms with Crippen LogP contribution in [-0.2, 0) is 4.74 Å². The topological polar surface area (TPSA) is 38.2 Å². The molecule has 1 aliphatic rings. The third kappa shape index (κ3) is 3.47. The van der Waals surface area contributed by atoms with E-state index in [9.17, 15) is 0 Å². The van der Waals surface area contributed by atoms with Crippen molar-refractivity contribution in [3.05, 3.63) is 17.8 Å². The number of hydrogen-bond acceptors (Lipinski definition) is 4. The van der Waals surface area contributed by atoms with Crippen molar-refractivity contribution < 1.29 is 4.74 Å². The SMILES string of the molecule is CC.Cc1ccc(N2CCOCC2)nn1. The van der Waals surface area contributed by atoms with E-state index in [0.717, 1.165) is 37.8 Å². The van der Waals surface area contributed by atoms with Gasteiger partial charge in [0.1, 0.15) is 0 Å². The van der Waals surface area contributed by atoms with Gasteiger partial charge in [0.25, 0.3) is 0 Å². The molecule has 0 amide bonds. The summed E-state index contributed by atoms with van der Waals surface area (Å²) in [5.74, 6) is 0.953. The molecule has 4 nitrogen and oxygen atoms in total. The molecule has 0 aromatic carbocycles. The summed E-state index contributed by atoms with van der Waals surface area (Å²) in [5.41, 5.74) is 0.956. The maximum absolute atomic E-state index is 5.26. The lowest BCUT2D eigenvalue weighted by Crippen LogP contribution is -2.36. The molecule has 0 N–H and O–H groups in total. The second-order valence-electron chi connectivity index (χ2n) is 3.13. The van der Waals surface area contributed by atoms with Crippen molar-refractivity contribution in [1.82, 2.24) is 10.2 Å². The number of ether oxygens (including phenoxy) is 1. The van der Waals surface area contributed by atoms with Crippen LogP contribution in [0.3, 0.4) is 0 Å². The molecule has 4 heteroatoms. The standard InChI is InChI=1S/C9H13N3O.C2H6/c1-8-2-3-9(11-10-8)12-4-6-13-7-5-12;1-2/h2-3H,4-7H2,1H3;1-2H3. The minimum absolute atomic E-state index is 0.787. The summed E-state index contributed by atoms with van der Waals surface area (Å²) < 4.78 is 5.26. The quantitative estimate of drug-likeness (QED) is 0.705. The van der Waals surface area contributed by atoms with Gasteiger partial charge in [0, 0.05) is 13.1 Å². The normalized spacial score (nSPS) is 15.5. The average molecular weight is 209 g/mol. The second-order valence-corrected chi connectivity index (χ2v) is 3.13. The molecule has 0 saturated carbocycles. The molecule has 2 rings (SSSR count). The van der Waals surface area contributed by atoms with Crippen molar-refractivity contribution in [3.8, 4) is 0 Å². The number of hydrogen-bond donors (Lipinski definition) is 0. The van der Waals surface area contributed by atoms with Gasteiger partial charge in [-0.25, -0.2) is 0 Å². The Hall–Kier alpha value is -1.16. The smallest absolute Gasteiger partial charge is 0.151 e. The third-order valence-corrected chi connectivity index (χ3v) is 2.12. The van der Waals surface area contributed by atoms with Gasteiger partial charge in [-0.15, -0.1) is 5.10 Å². The summed E-state index contributed by atoms with van der Waals surface area (Å²) in [5, 5.41) is 8.14. The summed E-state index contributed by atoms with van der Waals surface area (Å²) in [6, 6.07) is 3.99. The molecule has 1 saturated heterocycles. The van der Waals surface area contributed by atoms with Crippen LogP contribution < -0.4 is 4.90 Å². The van der Waals surface area contributed by atoms with E-state index in [1.54, 1.807) is 0 Å². The first-order valence-corrected chi connectivity index (χ1v) is 5.49. The molecular formula is C11H19N3O. The van der Waals surface area contributed by atoms with Gasteiger partial charge in [-0.2, -0.15) is 5.10 Å². The molecule has 0 radical (unpaired) electrons. The maximum atomic E-state index is 5.26. The van der Waals surface area contributed by atoms with Crippen LogP contribution >= 0.6 is 0 Å². The first-order valence-electron chi connectivity index (χ1n) is 5.49. The maximum Gasteiger partial charge on any atom is 0.151 e. The molecule has 0 unspecified atom stereocenters. The van der Waals surface area contributed by atoms with E-state index in [2.05, 4.69) is 15.1 Å². The molecule has 15 heavy (non-hydrogen) atoms. The number of nitrogens with zero attached hydrogens (tertiary/aromatic N) is 3. The summed E-state index contributed by atoms with van der Waals surface area (Å²) in [6.45, 7) is 9.34. The minimum Gasteiger partial charge on any atom is -0.378 e. The van der Waals surface area contributed by atoms with Crippen LogP contribution in [0.1, 0.15) is 19.5 Å². The number of morpholine rings is 1. The van der Waals surface area contributed by atoms with E-state index in [1.165, 1.54) is 0 Å². The van der Waals surface area contributed by atoms with Gasteiger partial charge in [-0.1, -0.05) is 13.8 Å². The zero-order chi connectivity index (χ0) is 11.1. The lowest BCUT2D eigenvalue weighted by atomic mass is 10.3. The molecule has 84 valence electrons. The molecule has 1 aromatic heterocycles. The molecule has 0 atom stereocenters. The number of aromatic nitrogens is 2. The van der Waals surface area contributed by atoms with Gasteiger partial charge in [0.15, 0.2) is 5.82 Å². The van der Waals surface area contributed by atoms with Gasteiger partial charge in [-0.05, 0) is 19.1 Å². The summed E-state index contributed by atoms with van der Waals surface area (Å²) in [6.07, 6.45) is 0.